The van der Waals surface area contributed by atoms with Gasteiger partial charge in [-0.3, -0.25) is 4.79 Å². The molecule has 4 nitrogen and oxygen atoms in total. The first kappa shape index (κ1) is 15.0. The van der Waals surface area contributed by atoms with Crippen LogP contribution in [0.3, 0.4) is 0 Å². The maximum Gasteiger partial charge on any atom is 0.230 e. The molecule has 2 rings (SSSR count). The smallest absolute Gasteiger partial charge is 0.230 e. The van der Waals surface area contributed by atoms with Crippen molar-refractivity contribution in [3.8, 4) is 0 Å². The van der Waals surface area contributed by atoms with E-state index in [9.17, 15) is 4.79 Å². The lowest BCUT2D eigenvalue weighted by Crippen LogP contribution is -2.48. The molecule has 1 aliphatic heterocycles. The molecule has 3 N–H and O–H groups in total. The molecule has 0 aromatic heterocycles. The first-order valence-electron chi connectivity index (χ1n) is 7.41. The standard InChI is InChI=1S/C16H24N2O2/c17-10-4-5-11-18-15(19)16(8-12-20-13-9-16)14-6-2-1-3-7-14/h1-3,6-7H,4-5,8-13,17H2,(H,18,19). The normalized spacial score (nSPS) is 17.6. The summed E-state index contributed by atoms with van der Waals surface area (Å²) in [7, 11) is 0. The van der Waals surface area contributed by atoms with E-state index in [-0.39, 0.29) is 5.91 Å². The minimum Gasteiger partial charge on any atom is -0.381 e. The van der Waals surface area contributed by atoms with Gasteiger partial charge in [-0.15, -0.1) is 0 Å². The molecule has 0 unspecified atom stereocenters. The quantitative estimate of drug-likeness (QED) is 0.776. The number of amides is 1. The number of hydrogen-bond acceptors (Lipinski definition) is 3. The Kier molecular flexibility index (Phi) is 5.56. The van der Waals surface area contributed by atoms with Gasteiger partial charge < -0.3 is 15.8 Å². The van der Waals surface area contributed by atoms with Crippen molar-refractivity contribution in [3.05, 3.63) is 35.9 Å². The molecular weight excluding hydrogens is 252 g/mol. The predicted octanol–water partition coefficient (Wildman–Crippen LogP) is 1.59. The van der Waals surface area contributed by atoms with Crippen LogP contribution in [-0.4, -0.2) is 32.2 Å². The number of unbranched alkanes of at least 4 members (excludes halogenated alkanes) is 1. The summed E-state index contributed by atoms with van der Waals surface area (Å²) in [6.07, 6.45) is 3.38. The second kappa shape index (κ2) is 7.41. The molecule has 1 fully saturated rings. The van der Waals surface area contributed by atoms with Crippen LogP contribution in [0.25, 0.3) is 0 Å². The van der Waals surface area contributed by atoms with Gasteiger partial charge in [0.1, 0.15) is 0 Å². The summed E-state index contributed by atoms with van der Waals surface area (Å²) in [5, 5.41) is 3.08. The van der Waals surface area contributed by atoms with E-state index in [2.05, 4.69) is 5.32 Å². The third-order valence-electron chi connectivity index (χ3n) is 4.02. The first-order valence-corrected chi connectivity index (χ1v) is 7.41. The molecule has 0 radical (unpaired) electrons. The maximum atomic E-state index is 12.7. The van der Waals surface area contributed by atoms with Crippen LogP contribution in [0, 0.1) is 0 Å². The fraction of sp³-hybridized carbons (Fsp3) is 0.562. The van der Waals surface area contributed by atoms with Crippen molar-refractivity contribution in [1.82, 2.24) is 5.32 Å². The number of nitrogens with two attached hydrogens (primary N) is 1. The van der Waals surface area contributed by atoms with Crippen molar-refractivity contribution in [2.75, 3.05) is 26.3 Å². The summed E-state index contributed by atoms with van der Waals surface area (Å²) in [5.74, 6) is 0.129. The van der Waals surface area contributed by atoms with E-state index in [1.807, 2.05) is 30.3 Å². The van der Waals surface area contributed by atoms with E-state index in [4.69, 9.17) is 10.5 Å². The highest BCUT2D eigenvalue weighted by molar-refractivity contribution is 5.88. The van der Waals surface area contributed by atoms with Gasteiger partial charge in [-0.2, -0.15) is 0 Å². The molecule has 20 heavy (non-hydrogen) atoms. The van der Waals surface area contributed by atoms with Gasteiger partial charge in [-0.05, 0) is 37.8 Å². The summed E-state index contributed by atoms with van der Waals surface area (Å²) in [6, 6.07) is 10.1. The van der Waals surface area contributed by atoms with Gasteiger partial charge in [0.05, 0.1) is 5.41 Å². The molecule has 1 heterocycles. The molecule has 4 heteroatoms. The molecule has 0 atom stereocenters. The van der Waals surface area contributed by atoms with Gasteiger partial charge in [0.2, 0.25) is 5.91 Å². The predicted molar refractivity (Wildman–Crippen MR) is 79.5 cm³/mol. The molecule has 1 aliphatic rings. The van der Waals surface area contributed by atoms with Gasteiger partial charge in [0.25, 0.3) is 0 Å². The molecule has 0 spiro atoms. The highest BCUT2D eigenvalue weighted by Gasteiger charge is 2.41. The summed E-state index contributed by atoms with van der Waals surface area (Å²) in [6.45, 7) is 2.66. The Balaban J connectivity index is 2.09. The van der Waals surface area contributed by atoms with E-state index in [0.717, 1.165) is 31.2 Å². The fourth-order valence-electron chi connectivity index (χ4n) is 2.76. The van der Waals surface area contributed by atoms with Crippen LogP contribution in [0.4, 0.5) is 0 Å². The minimum absolute atomic E-state index is 0.129. The number of rotatable bonds is 6. The fourth-order valence-corrected chi connectivity index (χ4v) is 2.76. The molecule has 0 aliphatic carbocycles. The second-order valence-corrected chi connectivity index (χ2v) is 5.31. The van der Waals surface area contributed by atoms with Gasteiger partial charge in [-0.1, -0.05) is 30.3 Å². The van der Waals surface area contributed by atoms with Gasteiger partial charge in [0, 0.05) is 19.8 Å². The number of ether oxygens (including phenoxy) is 1. The van der Waals surface area contributed by atoms with Crippen molar-refractivity contribution < 1.29 is 9.53 Å². The lowest BCUT2D eigenvalue weighted by molar-refractivity contribution is -0.130. The number of nitrogens with one attached hydrogen (secondary N) is 1. The first-order chi connectivity index (χ1) is 9.79. The van der Waals surface area contributed by atoms with Gasteiger partial charge >= 0.3 is 0 Å². The van der Waals surface area contributed by atoms with E-state index in [1.54, 1.807) is 0 Å². The van der Waals surface area contributed by atoms with Crippen LogP contribution in [0.5, 0.6) is 0 Å². The second-order valence-electron chi connectivity index (χ2n) is 5.31. The average molecular weight is 276 g/mol. The average Bonchev–Trinajstić information content (AvgIpc) is 2.53. The molecular formula is C16H24N2O2. The highest BCUT2D eigenvalue weighted by atomic mass is 16.5. The lowest BCUT2D eigenvalue weighted by atomic mass is 9.73. The van der Waals surface area contributed by atoms with E-state index in [1.165, 1.54) is 0 Å². The Morgan fingerprint density at radius 1 is 1.20 bits per heavy atom. The third kappa shape index (κ3) is 3.38. The van der Waals surface area contributed by atoms with Crippen LogP contribution in [-0.2, 0) is 14.9 Å². The Morgan fingerprint density at radius 2 is 1.90 bits per heavy atom. The Bertz CT molecular complexity index is 414. The molecule has 1 aromatic carbocycles. The Hall–Kier alpha value is -1.39. The summed E-state index contributed by atoms with van der Waals surface area (Å²) < 4.78 is 5.44. The zero-order valence-corrected chi connectivity index (χ0v) is 11.9. The Labute approximate surface area is 120 Å². The van der Waals surface area contributed by atoms with Crippen molar-refractivity contribution in [2.24, 2.45) is 5.73 Å². The molecule has 0 saturated carbocycles. The van der Waals surface area contributed by atoms with E-state index in [0.29, 0.717) is 26.3 Å². The molecule has 110 valence electrons. The highest BCUT2D eigenvalue weighted by Crippen LogP contribution is 2.35. The summed E-state index contributed by atoms with van der Waals surface area (Å²) in [4.78, 5) is 12.7. The van der Waals surface area contributed by atoms with Crippen molar-refractivity contribution in [3.63, 3.8) is 0 Å². The summed E-state index contributed by atoms with van der Waals surface area (Å²) in [5.41, 5.74) is 6.14. The van der Waals surface area contributed by atoms with Crippen molar-refractivity contribution in [2.45, 2.75) is 31.1 Å². The third-order valence-corrected chi connectivity index (χ3v) is 4.02. The number of benzene rings is 1. The van der Waals surface area contributed by atoms with Crippen LogP contribution in [0.1, 0.15) is 31.2 Å². The van der Waals surface area contributed by atoms with E-state index >= 15 is 0 Å². The number of carbonyl (C=O) groups excluding carboxylic acids is 1. The SMILES string of the molecule is NCCCCNC(=O)C1(c2ccccc2)CCOCC1. The van der Waals surface area contributed by atoms with Crippen LogP contribution in [0.15, 0.2) is 30.3 Å². The zero-order valence-electron chi connectivity index (χ0n) is 11.9. The topological polar surface area (TPSA) is 64.3 Å². The maximum absolute atomic E-state index is 12.7. The van der Waals surface area contributed by atoms with Crippen LogP contribution in [0.2, 0.25) is 0 Å². The lowest BCUT2D eigenvalue weighted by Gasteiger charge is -2.36. The van der Waals surface area contributed by atoms with Gasteiger partial charge in [-0.25, -0.2) is 0 Å². The Morgan fingerprint density at radius 3 is 2.55 bits per heavy atom. The van der Waals surface area contributed by atoms with Crippen molar-refractivity contribution >= 4 is 5.91 Å². The summed E-state index contributed by atoms with van der Waals surface area (Å²) >= 11 is 0. The number of hydrogen-bond donors (Lipinski definition) is 2. The van der Waals surface area contributed by atoms with Crippen LogP contribution >= 0.6 is 0 Å². The minimum atomic E-state index is -0.428. The molecule has 1 amide bonds. The zero-order chi connectivity index (χ0) is 14.3. The number of carbonyl (C=O) groups is 1. The molecule has 1 saturated heterocycles. The monoisotopic (exact) mass is 276 g/mol. The van der Waals surface area contributed by atoms with Gasteiger partial charge in [0.15, 0.2) is 0 Å². The molecule has 0 bridgehead atoms. The largest absolute Gasteiger partial charge is 0.381 e. The van der Waals surface area contributed by atoms with Crippen molar-refractivity contribution in [1.29, 1.82) is 0 Å². The molecule has 1 aromatic rings. The van der Waals surface area contributed by atoms with Crippen LogP contribution < -0.4 is 11.1 Å². The van der Waals surface area contributed by atoms with E-state index < -0.39 is 5.41 Å².